The molecule has 2 aliphatic heterocycles. The number of ether oxygens (including phenoxy) is 3. The highest BCUT2D eigenvalue weighted by Gasteiger charge is 2.51. The van der Waals surface area contributed by atoms with Crippen molar-refractivity contribution in [3.05, 3.63) is 44.9 Å². The number of carboxylic acid groups (broad SMARTS) is 1. The maximum atomic E-state index is 12.0. The van der Waals surface area contributed by atoms with E-state index in [1.54, 1.807) is 0 Å². The summed E-state index contributed by atoms with van der Waals surface area (Å²) in [4.78, 5) is 48.1. The first-order valence-corrected chi connectivity index (χ1v) is 8.77. The minimum Gasteiger partial charge on any atom is -0.475 e. The Hall–Kier alpha value is -3.08. The number of hydrogen-bond acceptors (Lipinski definition) is 11. The minimum atomic E-state index is -1.92. The van der Waals surface area contributed by atoms with E-state index in [9.17, 15) is 39.6 Å². The molecule has 1 fully saturated rings. The number of nitrogens with two attached hydrogens (primary N) is 1. The quantitative estimate of drug-likeness (QED) is 0.218. The summed E-state index contributed by atoms with van der Waals surface area (Å²) in [5.41, 5.74) is 3.56. The smallest absolute Gasteiger partial charge is 0.371 e. The number of aliphatic hydroxyl groups is 4. The fraction of sp³-hybridized carbons (Fsp3) is 0.500. The number of carbonyl (C=O) groups excluding carboxylic acids is 1. The normalized spacial score (nSPS) is 33.9. The van der Waals surface area contributed by atoms with Crippen molar-refractivity contribution in [2.75, 3.05) is 0 Å². The SMILES string of the molecule is NC(=O)C(OC1OC(C(=O)O)=CC(O)C1O)C1OC(n2ccc(=O)[nH]c2=O)C(O)C1O. The molecule has 0 radical (unpaired) electrons. The number of H-pyrrole nitrogens is 1. The van der Waals surface area contributed by atoms with Crippen molar-refractivity contribution in [2.24, 2.45) is 5.73 Å². The van der Waals surface area contributed by atoms with Gasteiger partial charge in [-0.05, 0) is 6.08 Å². The molecule has 15 heteroatoms. The molecule has 15 nitrogen and oxygen atoms in total. The first-order chi connectivity index (χ1) is 14.5. The number of rotatable bonds is 6. The van der Waals surface area contributed by atoms with Gasteiger partial charge in [-0.25, -0.2) is 9.59 Å². The van der Waals surface area contributed by atoms with Gasteiger partial charge < -0.3 is 45.5 Å². The molecule has 3 rings (SSSR count). The lowest BCUT2D eigenvalue weighted by molar-refractivity contribution is -0.241. The van der Waals surface area contributed by atoms with Crippen molar-refractivity contribution >= 4 is 11.9 Å². The van der Waals surface area contributed by atoms with Crippen LogP contribution in [0.2, 0.25) is 0 Å². The largest absolute Gasteiger partial charge is 0.475 e. The van der Waals surface area contributed by atoms with E-state index in [1.807, 2.05) is 4.98 Å². The second-order valence-electron chi connectivity index (χ2n) is 6.75. The number of aromatic nitrogens is 2. The average Bonchev–Trinajstić information content (AvgIpc) is 2.97. The Balaban J connectivity index is 1.85. The van der Waals surface area contributed by atoms with Crippen molar-refractivity contribution in [1.29, 1.82) is 0 Å². The van der Waals surface area contributed by atoms with E-state index in [2.05, 4.69) is 0 Å². The third-order valence-electron chi connectivity index (χ3n) is 4.66. The lowest BCUT2D eigenvalue weighted by atomic mass is 10.0. The molecule has 1 amide bonds. The van der Waals surface area contributed by atoms with Gasteiger partial charge in [-0.2, -0.15) is 0 Å². The molecule has 31 heavy (non-hydrogen) atoms. The average molecular weight is 445 g/mol. The predicted molar refractivity (Wildman–Crippen MR) is 93.9 cm³/mol. The van der Waals surface area contributed by atoms with Gasteiger partial charge in [-0.1, -0.05) is 0 Å². The first kappa shape index (κ1) is 22.6. The van der Waals surface area contributed by atoms with Crippen LogP contribution in [-0.4, -0.2) is 89.9 Å². The standard InChI is InChI=1S/C16H19N3O12/c17-12(25)11(31-15-7(22)4(20)3-5(29-15)14(26)27)10-8(23)9(24)13(30-10)19-2-1-6(21)18-16(19)28/h1-4,7-11,13,15,20,22-24H,(H2,17,25)(H,26,27)(H,18,21,28). The van der Waals surface area contributed by atoms with Gasteiger partial charge in [0.25, 0.3) is 5.56 Å². The van der Waals surface area contributed by atoms with E-state index in [-0.39, 0.29) is 0 Å². The van der Waals surface area contributed by atoms with Crippen molar-refractivity contribution in [3.8, 4) is 0 Å². The lowest BCUT2D eigenvalue weighted by Gasteiger charge is -2.34. The molecule has 8 N–H and O–H groups in total. The van der Waals surface area contributed by atoms with Crippen LogP contribution in [-0.2, 0) is 23.8 Å². The van der Waals surface area contributed by atoms with Crippen LogP contribution >= 0.6 is 0 Å². The zero-order valence-corrected chi connectivity index (χ0v) is 15.5. The first-order valence-electron chi connectivity index (χ1n) is 8.77. The molecular weight excluding hydrogens is 426 g/mol. The Labute approximate surface area is 171 Å². The van der Waals surface area contributed by atoms with Crippen LogP contribution in [0.3, 0.4) is 0 Å². The molecule has 1 saturated heterocycles. The monoisotopic (exact) mass is 445 g/mol. The number of amides is 1. The van der Waals surface area contributed by atoms with Crippen LogP contribution in [0.15, 0.2) is 33.7 Å². The van der Waals surface area contributed by atoms with Crippen molar-refractivity contribution in [3.63, 3.8) is 0 Å². The van der Waals surface area contributed by atoms with E-state index < -0.39 is 78.0 Å². The molecule has 0 bridgehead atoms. The molecule has 8 atom stereocenters. The number of aliphatic hydroxyl groups excluding tert-OH is 4. The number of nitrogens with zero attached hydrogens (tertiary/aromatic N) is 1. The van der Waals surface area contributed by atoms with E-state index >= 15 is 0 Å². The number of aliphatic carboxylic acids is 1. The Morgan fingerprint density at radius 3 is 2.42 bits per heavy atom. The summed E-state index contributed by atoms with van der Waals surface area (Å²) in [6, 6.07) is 0.951. The second kappa shape index (κ2) is 8.58. The number of hydrogen-bond donors (Lipinski definition) is 7. The van der Waals surface area contributed by atoms with Gasteiger partial charge in [0.05, 0.1) is 0 Å². The van der Waals surface area contributed by atoms with Gasteiger partial charge >= 0.3 is 11.7 Å². The van der Waals surface area contributed by atoms with Crippen LogP contribution in [0.25, 0.3) is 0 Å². The third-order valence-corrected chi connectivity index (χ3v) is 4.66. The van der Waals surface area contributed by atoms with Gasteiger partial charge in [-0.3, -0.25) is 19.1 Å². The molecule has 8 unspecified atom stereocenters. The maximum Gasteiger partial charge on any atom is 0.371 e. The van der Waals surface area contributed by atoms with Crippen molar-refractivity contribution in [1.82, 2.24) is 9.55 Å². The highest BCUT2D eigenvalue weighted by molar-refractivity contribution is 5.84. The zero-order valence-electron chi connectivity index (χ0n) is 15.5. The van der Waals surface area contributed by atoms with Crippen LogP contribution in [0.5, 0.6) is 0 Å². The molecule has 0 spiro atoms. The van der Waals surface area contributed by atoms with Crippen molar-refractivity contribution < 1.29 is 49.3 Å². The van der Waals surface area contributed by atoms with Gasteiger partial charge in [0.15, 0.2) is 12.3 Å². The van der Waals surface area contributed by atoms with Crippen LogP contribution in [0.4, 0.5) is 0 Å². The number of carbonyl (C=O) groups is 2. The molecular formula is C16H19N3O12. The zero-order chi connectivity index (χ0) is 23.0. The fourth-order valence-electron chi connectivity index (χ4n) is 3.12. The number of aromatic amines is 1. The summed E-state index contributed by atoms with van der Waals surface area (Å²) < 4.78 is 16.2. The highest BCUT2D eigenvalue weighted by atomic mass is 16.7. The molecule has 0 aromatic carbocycles. The van der Waals surface area contributed by atoms with Crippen molar-refractivity contribution in [2.45, 2.75) is 49.1 Å². The van der Waals surface area contributed by atoms with E-state index in [1.165, 1.54) is 0 Å². The number of primary amides is 1. The molecule has 0 aliphatic carbocycles. The highest BCUT2D eigenvalue weighted by Crippen LogP contribution is 2.32. The Morgan fingerprint density at radius 1 is 1.16 bits per heavy atom. The van der Waals surface area contributed by atoms with Gasteiger partial charge in [0.1, 0.15) is 30.5 Å². The molecule has 170 valence electrons. The molecule has 1 aromatic heterocycles. The molecule has 1 aromatic rings. The Kier molecular flexibility index (Phi) is 6.25. The third kappa shape index (κ3) is 4.36. The number of nitrogens with one attached hydrogen (secondary N) is 1. The fourth-order valence-corrected chi connectivity index (χ4v) is 3.12. The van der Waals surface area contributed by atoms with E-state index in [0.717, 1.165) is 16.8 Å². The second-order valence-corrected chi connectivity index (χ2v) is 6.75. The summed E-state index contributed by atoms with van der Waals surface area (Å²) in [6.45, 7) is 0. The van der Waals surface area contributed by atoms with Gasteiger partial charge in [0.2, 0.25) is 18.0 Å². The maximum absolute atomic E-state index is 12.0. The number of carboxylic acids is 1. The topological polar surface area (TPSA) is 244 Å². The predicted octanol–water partition coefficient (Wildman–Crippen LogP) is -4.93. The summed E-state index contributed by atoms with van der Waals surface area (Å²) in [5, 5.41) is 49.4. The lowest BCUT2D eigenvalue weighted by Crippen LogP contribution is -2.53. The summed E-state index contributed by atoms with van der Waals surface area (Å²) in [7, 11) is 0. The molecule has 3 heterocycles. The van der Waals surface area contributed by atoms with Gasteiger partial charge in [-0.15, -0.1) is 0 Å². The molecule has 2 aliphatic rings. The van der Waals surface area contributed by atoms with Crippen LogP contribution in [0.1, 0.15) is 6.23 Å². The Morgan fingerprint density at radius 2 is 1.84 bits per heavy atom. The van der Waals surface area contributed by atoms with Crippen LogP contribution in [0, 0.1) is 0 Å². The van der Waals surface area contributed by atoms with Gasteiger partial charge in [0, 0.05) is 12.3 Å². The Bertz CT molecular complexity index is 1000. The summed E-state index contributed by atoms with van der Waals surface area (Å²) in [5.74, 6) is -3.64. The summed E-state index contributed by atoms with van der Waals surface area (Å²) >= 11 is 0. The molecule has 0 saturated carbocycles. The van der Waals surface area contributed by atoms with E-state index in [0.29, 0.717) is 6.08 Å². The van der Waals surface area contributed by atoms with E-state index in [4.69, 9.17) is 25.1 Å². The van der Waals surface area contributed by atoms with Crippen LogP contribution < -0.4 is 17.0 Å². The summed E-state index contributed by atoms with van der Waals surface area (Å²) in [6.07, 6.45) is -12.6. The minimum absolute atomic E-state index is 0.704.